The summed E-state index contributed by atoms with van der Waals surface area (Å²) in [7, 11) is 0. The summed E-state index contributed by atoms with van der Waals surface area (Å²) >= 11 is 1.41. The number of carbonyl (C=O) groups is 5. The monoisotopic (exact) mass is 671 g/mol. The topological polar surface area (TPSA) is 197 Å². The number of ketones is 1. The van der Waals surface area contributed by atoms with Crippen LogP contribution in [0.4, 0.5) is 13.2 Å². The maximum absolute atomic E-state index is 12.9. The fourth-order valence-electron chi connectivity index (χ4n) is 4.34. The lowest BCUT2D eigenvalue weighted by Crippen LogP contribution is -2.52. The second kappa shape index (κ2) is 17.5. The lowest BCUT2D eigenvalue weighted by Gasteiger charge is -2.36. The number of carbonyl (C=O) groups excluding carboxylic acids is 5. The average Bonchev–Trinajstić information content (AvgIpc) is 3.44. The molecule has 0 radical (unpaired) electrons. The first-order valence-electron chi connectivity index (χ1n) is 14.4. The Morgan fingerprint density at radius 3 is 2.11 bits per heavy atom. The molecule has 1 aromatic heterocycles. The van der Waals surface area contributed by atoms with Crippen LogP contribution in [0.3, 0.4) is 0 Å². The van der Waals surface area contributed by atoms with Crippen LogP contribution in [-0.4, -0.2) is 61.1 Å². The van der Waals surface area contributed by atoms with Crippen LogP contribution in [0.5, 0.6) is 11.5 Å². The van der Waals surface area contributed by atoms with E-state index in [0.717, 1.165) is 36.2 Å². The molecule has 0 unspecified atom stereocenters. The normalized spacial score (nSPS) is 12.6. The van der Waals surface area contributed by atoms with E-state index in [4.69, 9.17) is 19.4 Å². The number of carboxylic acid groups (broad SMARTS) is 3. The molecular formula is C30H34F3N2O10S-3. The van der Waals surface area contributed by atoms with Crippen molar-refractivity contribution < 1.29 is 61.9 Å². The highest BCUT2D eigenvalue weighted by Gasteiger charge is 2.34. The molecule has 2 heterocycles. The zero-order chi connectivity index (χ0) is 34.5. The van der Waals surface area contributed by atoms with Gasteiger partial charge in [0.1, 0.15) is 18.2 Å². The first-order valence-corrected chi connectivity index (χ1v) is 15.2. The summed E-state index contributed by atoms with van der Waals surface area (Å²) in [4.78, 5) is 59.3. The number of halogens is 3. The van der Waals surface area contributed by atoms with Gasteiger partial charge in [-0.1, -0.05) is 26.7 Å². The third-order valence-electron chi connectivity index (χ3n) is 6.76. The van der Waals surface area contributed by atoms with Gasteiger partial charge in [0.25, 0.3) is 5.91 Å². The molecular weight excluding hydrogens is 637 g/mol. The molecule has 0 bridgehead atoms. The highest BCUT2D eigenvalue weighted by molar-refractivity contribution is 7.14. The second-order valence-electron chi connectivity index (χ2n) is 10.3. The van der Waals surface area contributed by atoms with Gasteiger partial charge in [-0.15, -0.1) is 11.3 Å². The third-order valence-corrected chi connectivity index (χ3v) is 8.00. The Bertz CT molecular complexity index is 1360. The summed E-state index contributed by atoms with van der Waals surface area (Å²) in [5.74, 6) is -6.82. The van der Waals surface area contributed by atoms with E-state index in [2.05, 4.69) is 10.6 Å². The molecule has 0 atom stereocenters. The fraction of sp³-hybridized carbons (Fsp3) is 0.500. The van der Waals surface area contributed by atoms with E-state index in [1.165, 1.54) is 29.5 Å². The average molecular weight is 672 g/mol. The van der Waals surface area contributed by atoms with Crippen molar-refractivity contribution >= 4 is 40.9 Å². The van der Waals surface area contributed by atoms with Crippen LogP contribution in [-0.2, 0) is 27.3 Å². The molecule has 1 aliphatic heterocycles. The van der Waals surface area contributed by atoms with Crippen LogP contribution < -0.4 is 35.4 Å². The van der Waals surface area contributed by atoms with Gasteiger partial charge in [-0.2, -0.15) is 13.2 Å². The summed E-state index contributed by atoms with van der Waals surface area (Å²) in [5, 5.41) is 38.0. The number of hydrogen-bond acceptors (Lipinski definition) is 12. The number of thiophene rings is 1. The van der Waals surface area contributed by atoms with Gasteiger partial charge in [-0.3, -0.25) is 9.59 Å². The summed E-state index contributed by atoms with van der Waals surface area (Å²) in [6, 6.07) is 5.90. The number of Topliss-reactive ketones (excluding diaryl/α,β-unsaturated/α-hetero) is 1. The van der Waals surface area contributed by atoms with E-state index in [-0.39, 0.29) is 42.4 Å². The Hall–Kier alpha value is -4.18. The largest absolute Gasteiger partial charge is 0.546 e. The van der Waals surface area contributed by atoms with E-state index in [1.54, 1.807) is 0 Å². The molecule has 2 N–H and O–H groups in total. The number of fused-ring (bicyclic) bond motifs is 1. The van der Waals surface area contributed by atoms with Crippen molar-refractivity contribution in [3.8, 4) is 11.5 Å². The number of hydrogen-bond donors (Lipinski definition) is 2. The molecule has 0 spiro atoms. The highest BCUT2D eigenvalue weighted by atomic mass is 32.1. The molecule has 254 valence electrons. The standard InChI is InChI=1S/C28H36N2O8S.C2HF3O2/c1-3-5-10-28(27(35)36,11-6-4-2)38-21-8-7-18(13-22(21)37-17-25(32)33)20(31)16-30-26(34)24-14-19-15-29-12-9-23(19)39-24;3-2(4,5)1(6)7/h7-8,13-14,29H,3-6,9-12,15-17H2,1-2H3,(H,30,34)(H,32,33)(H,35,36);(H,6,7)/p-3. The SMILES string of the molecule is CCCCC(CCCC)(Oc1ccc(C(=O)CNC(=O)c2cc3c(s2)CCNC3)cc1OCC(=O)[O-])C(=O)[O-].O=C([O-])C(F)(F)F. The van der Waals surface area contributed by atoms with Gasteiger partial charge in [0.15, 0.2) is 17.3 Å². The van der Waals surface area contributed by atoms with Gasteiger partial charge in [-0.05, 0) is 61.9 Å². The Kier molecular flexibility index (Phi) is 14.5. The lowest BCUT2D eigenvalue weighted by molar-refractivity contribution is -0.344. The number of amides is 1. The summed E-state index contributed by atoms with van der Waals surface area (Å²) in [6.07, 6.45) is -1.32. The Morgan fingerprint density at radius 1 is 0.957 bits per heavy atom. The maximum Gasteiger partial charge on any atom is 0.430 e. The zero-order valence-corrected chi connectivity index (χ0v) is 26.0. The van der Waals surface area contributed by atoms with Gasteiger partial charge in [0.05, 0.1) is 23.4 Å². The molecule has 1 aliphatic rings. The second-order valence-corrected chi connectivity index (χ2v) is 11.4. The van der Waals surface area contributed by atoms with E-state index >= 15 is 0 Å². The van der Waals surface area contributed by atoms with Crippen molar-refractivity contribution in [2.75, 3.05) is 19.7 Å². The van der Waals surface area contributed by atoms with Crippen LogP contribution in [0.1, 0.15) is 82.8 Å². The summed E-state index contributed by atoms with van der Waals surface area (Å²) < 4.78 is 42.8. The van der Waals surface area contributed by atoms with E-state index in [9.17, 15) is 42.6 Å². The van der Waals surface area contributed by atoms with Crippen molar-refractivity contribution in [3.05, 3.63) is 45.1 Å². The first kappa shape index (κ1) is 38.0. The number of benzene rings is 1. The number of aliphatic carboxylic acids is 3. The summed E-state index contributed by atoms with van der Waals surface area (Å²) in [6.45, 7) is 4.29. The molecule has 0 fully saturated rings. The molecule has 3 rings (SSSR count). The van der Waals surface area contributed by atoms with Crippen molar-refractivity contribution in [3.63, 3.8) is 0 Å². The fourth-order valence-corrected chi connectivity index (χ4v) is 5.44. The third kappa shape index (κ3) is 11.3. The van der Waals surface area contributed by atoms with Gasteiger partial charge < -0.3 is 49.8 Å². The van der Waals surface area contributed by atoms with Gasteiger partial charge in [-0.25, -0.2) is 0 Å². The van der Waals surface area contributed by atoms with E-state index < -0.39 is 42.1 Å². The molecule has 1 amide bonds. The van der Waals surface area contributed by atoms with Crippen molar-refractivity contribution in [2.24, 2.45) is 0 Å². The molecule has 12 nitrogen and oxygen atoms in total. The number of nitrogens with one attached hydrogen (secondary N) is 2. The molecule has 1 aromatic carbocycles. The van der Waals surface area contributed by atoms with E-state index in [0.29, 0.717) is 24.3 Å². The zero-order valence-electron chi connectivity index (χ0n) is 25.2. The molecule has 16 heteroatoms. The van der Waals surface area contributed by atoms with Crippen molar-refractivity contribution in [1.82, 2.24) is 10.6 Å². The van der Waals surface area contributed by atoms with Gasteiger partial charge >= 0.3 is 6.18 Å². The molecule has 0 saturated carbocycles. The van der Waals surface area contributed by atoms with Gasteiger partial charge in [0, 0.05) is 23.5 Å². The molecule has 0 aliphatic carbocycles. The molecule has 0 saturated heterocycles. The minimum Gasteiger partial charge on any atom is -0.546 e. The first-order chi connectivity index (χ1) is 21.6. The number of unbranched alkanes of at least 4 members (excludes halogenated alkanes) is 2. The highest BCUT2D eigenvalue weighted by Crippen LogP contribution is 2.35. The number of ether oxygens (including phenoxy) is 2. The van der Waals surface area contributed by atoms with Crippen LogP contribution >= 0.6 is 11.3 Å². The molecule has 2 aromatic rings. The Labute approximate surface area is 266 Å². The quantitative estimate of drug-likeness (QED) is 0.238. The van der Waals surface area contributed by atoms with Crippen LogP contribution in [0.15, 0.2) is 24.3 Å². The predicted octanol–water partition coefficient (Wildman–Crippen LogP) is 0.682. The van der Waals surface area contributed by atoms with Crippen LogP contribution in [0.25, 0.3) is 0 Å². The Balaban J connectivity index is 0.000000942. The minimum absolute atomic E-state index is 0.0222. The van der Waals surface area contributed by atoms with Crippen LogP contribution in [0, 0.1) is 0 Å². The smallest absolute Gasteiger partial charge is 0.430 e. The van der Waals surface area contributed by atoms with Gasteiger partial charge in [0.2, 0.25) is 0 Å². The maximum atomic E-state index is 12.9. The van der Waals surface area contributed by atoms with Crippen molar-refractivity contribution in [2.45, 2.75) is 77.1 Å². The molecule has 46 heavy (non-hydrogen) atoms. The number of carboxylic acids is 3. The number of alkyl halides is 3. The Morgan fingerprint density at radius 2 is 1.59 bits per heavy atom. The summed E-state index contributed by atoms with van der Waals surface area (Å²) in [5.41, 5.74) is -0.425. The predicted molar refractivity (Wildman–Crippen MR) is 152 cm³/mol. The van der Waals surface area contributed by atoms with Crippen molar-refractivity contribution in [1.29, 1.82) is 0 Å². The lowest BCUT2D eigenvalue weighted by atomic mass is 9.90. The number of rotatable bonds is 16. The van der Waals surface area contributed by atoms with Crippen LogP contribution in [0.2, 0.25) is 0 Å². The minimum atomic E-state index is -5.19. The van der Waals surface area contributed by atoms with E-state index in [1.807, 2.05) is 19.9 Å².